The Kier molecular flexibility index (Phi) is 5.98. The van der Waals surface area contributed by atoms with Crippen LogP contribution in [0.5, 0.6) is 0 Å². The minimum atomic E-state index is 0.0576. The lowest BCUT2D eigenvalue weighted by atomic mass is 9.64. The minimum Gasteiger partial charge on any atom is -0.297 e. The van der Waals surface area contributed by atoms with Crippen molar-refractivity contribution in [2.24, 2.45) is 16.2 Å². The molecule has 0 aromatic rings. The van der Waals surface area contributed by atoms with Crippen molar-refractivity contribution in [1.82, 2.24) is 4.90 Å². The van der Waals surface area contributed by atoms with Gasteiger partial charge in [-0.05, 0) is 45.1 Å². The SMILES string of the molecule is C=C(CC(C)(C)C)C(C)(C)C(C)(C)N(C)C(C)C(C)(C)C. The molecule has 1 unspecified atom stereocenters. The van der Waals surface area contributed by atoms with E-state index in [4.69, 9.17) is 0 Å². The summed E-state index contributed by atoms with van der Waals surface area (Å²) in [4.78, 5) is 2.54. The van der Waals surface area contributed by atoms with Gasteiger partial charge in [0, 0.05) is 17.0 Å². The van der Waals surface area contributed by atoms with E-state index in [1.807, 2.05) is 0 Å². The second-order valence-electron chi connectivity index (χ2n) is 10.2. The molecule has 1 atom stereocenters. The molecular weight excluding hydrogens is 254 g/mol. The van der Waals surface area contributed by atoms with E-state index in [2.05, 4.69) is 94.7 Å². The van der Waals surface area contributed by atoms with Crippen molar-refractivity contribution < 1.29 is 0 Å². The smallest absolute Gasteiger partial charge is 0.0241 e. The summed E-state index contributed by atoms with van der Waals surface area (Å²) < 4.78 is 0. The third-order valence-corrected chi connectivity index (χ3v) is 5.87. The molecule has 0 aromatic carbocycles. The highest BCUT2D eigenvalue weighted by molar-refractivity contribution is 5.17. The lowest BCUT2D eigenvalue weighted by Crippen LogP contribution is -2.58. The zero-order chi connectivity index (χ0) is 17.4. The van der Waals surface area contributed by atoms with Crippen LogP contribution >= 0.6 is 0 Å². The van der Waals surface area contributed by atoms with Crippen LogP contribution in [0.2, 0.25) is 0 Å². The summed E-state index contributed by atoms with van der Waals surface area (Å²) in [5.74, 6) is 0. The van der Waals surface area contributed by atoms with Crippen molar-refractivity contribution >= 4 is 0 Å². The van der Waals surface area contributed by atoms with Gasteiger partial charge in [0.2, 0.25) is 0 Å². The quantitative estimate of drug-likeness (QED) is 0.550. The molecule has 0 rings (SSSR count). The highest BCUT2D eigenvalue weighted by atomic mass is 15.2. The first-order valence-electron chi connectivity index (χ1n) is 8.36. The van der Waals surface area contributed by atoms with Crippen LogP contribution in [0.15, 0.2) is 12.2 Å². The molecule has 0 saturated heterocycles. The van der Waals surface area contributed by atoms with Crippen molar-refractivity contribution in [3.63, 3.8) is 0 Å². The highest BCUT2D eigenvalue weighted by Crippen LogP contribution is 2.46. The maximum Gasteiger partial charge on any atom is 0.0241 e. The Balaban J connectivity index is 5.42. The van der Waals surface area contributed by atoms with Crippen molar-refractivity contribution in [2.45, 2.75) is 94.2 Å². The Bertz CT molecular complexity index is 360. The van der Waals surface area contributed by atoms with Gasteiger partial charge < -0.3 is 0 Å². The highest BCUT2D eigenvalue weighted by Gasteiger charge is 2.45. The molecule has 0 aliphatic carbocycles. The fraction of sp³-hybridized carbons (Fsp3) is 0.900. The van der Waals surface area contributed by atoms with Crippen LogP contribution in [0.25, 0.3) is 0 Å². The van der Waals surface area contributed by atoms with Gasteiger partial charge in [0.25, 0.3) is 0 Å². The van der Waals surface area contributed by atoms with E-state index in [1.54, 1.807) is 0 Å². The molecule has 0 spiro atoms. The normalized spacial score (nSPS) is 16.2. The van der Waals surface area contributed by atoms with Gasteiger partial charge in [0.05, 0.1) is 0 Å². The van der Waals surface area contributed by atoms with Crippen LogP contribution in [0.1, 0.15) is 82.6 Å². The lowest BCUT2D eigenvalue weighted by molar-refractivity contribution is -0.0130. The van der Waals surface area contributed by atoms with Crippen molar-refractivity contribution in [1.29, 1.82) is 0 Å². The summed E-state index contributed by atoms with van der Waals surface area (Å²) in [6.45, 7) is 30.1. The van der Waals surface area contributed by atoms with Gasteiger partial charge >= 0.3 is 0 Å². The summed E-state index contributed by atoms with van der Waals surface area (Å²) in [6.07, 6.45) is 1.07. The standard InChI is InChI=1S/C20H41N/c1-15(14-17(3,4)5)19(9,10)20(11,12)21(13)16(2)18(6,7)8/h16H,1,14H2,2-13H3. The topological polar surface area (TPSA) is 3.24 Å². The molecule has 126 valence electrons. The Morgan fingerprint density at radius 2 is 1.29 bits per heavy atom. The summed E-state index contributed by atoms with van der Waals surface area (Å²) >= 11 is 0. The summed E-state index contributed by atoms with van der Waals surface area (Å²) in [6, 6.07) is 0.509. The molecule has 0 aromatic heterocycles. The van der Waals surface area contributed by atoms with Gasteiger partial charge in [-0.25, -0.2) is 0 Å². The molecule has 0 fully saturated rings. The molecule has 0 radical (unpaired) electrons. The van der Waals surface area contributed by atoms with E-state index in [1.165, 1.54) is 5.57 Å². The third kappa shape index (κ3) is 4.84. The molecule has 0 N–H and O–H groups in total. The molecular formula is C20H41N. The number of rotatable bonds is 5. The number of nitrogens with zero attached hydrogens (tertiary/aromatic N) is 1. The van der Waals surface area contributed by atoms with Gasteiger partial charge in [-0.15, -0.1) is 0 Å². The first-order chi connectivity index (χ1) is 8.94. The van der Waals surface area contributed by atoms with Crippen LogP contribution in [-0.4, -0.2) is 23.5 Å². The molecule has 0 aliphatic rings. The van der Waals surface area contributed by atoms with E-state index >= 15 is 0 Å². The lowest BCUT2D eigenvalue weighted by Gasteiger charge is -2.54. The van der Waals surface area contributed by atoms with Crippen molar-refractivity contribution in [3.05, 3.63) is 12.2 Å². The van der Waals surface area contributed by atoms with E-state index in [-0.39, 0.29) is 16.4 Å². The first-order valence-corrected chi connectivity index (χ1v) is 8.36. The molecule has 21 heavy (non-hydrogen) atoms. The average molecular weight is 296 g/mol. The van der Waals surface area contributed by atoms with Gasteiger partial charge in [-0.1, -0.05) is 67.5 Å². The van der Waals surface area contributed by atoms with E-state index in [0.717, 1.165) is 6.42 Å². The Hall–Kier alpha value is -0.300. The van der Waals surface area contributed by atoms with Crippen LogP contribution in [0.4, 0.5) is 0 Å². The van der Waals surface area contributed by atoms with E-state index in [0.29, 0.717) is 11.5 Å². The largest absolute Gasteiger partial charge is 0.297 e. The van der Waals surface area contributed by atoms with E-state index in [9.17, 15) is 0 Å². The Morgan fingerprint density at radius 3 is 1.57 bits per heavy atom. The van der Waals surface area contributed by atoms with Crippen molar-refractivity contribution in [2.75, 3.05) is 7.05 Å². The number of hydrogen-bond donors (Lipinski definition) is 0. The minimum absolute atomic E-state index is 0.0576. The van der Waals surface area contributed by atoms with Gasteiger partial charge in [0.15, 0.2) is 0 Å². The molecule has 0 amide bonds. The van der Waals surface area contributed by atoms with E-state index < -0.39 is 0 Å². The predicted molar refractivity (Wildman–Crippen MR) is 97.8 cm³/mol. The number of hydrogen-bond acceptors (Lipinski definition) is 1. The van der Waals surface area contributed by atoms with Gasteiger partial charge in [-0.2, -0.15) is 0 Å². The van der Waals surface area contributed by atoms with Crippen molar-refractivity contribution in [3.8, 4) is 0 Å². The third-order valence-electron chi connectivity index (χ3n) is 5.87. The average Bonchev–Trinajstić information content (AvgIpc) is 2.22. The van der Waals surface area contributed by atoms with Gasteiger partial charge in [-0.3, -0.25) is 4.90 Å². The maximum absolute atomic E-state index is 4.46. The molecule has 0 bridgehead atoms. The predicted octanol–water partition coefficient (Wildman–Crippen LogP) is 6.15. The Morgan fingerprint density at radius 1 is 0.905 bits per heavy atom. The summed E-state index contributed by atoms with van der Waals surface area (Å²) in [5, 5.41) is 0. The zero-order valence-electron chi connectivity index (χ0n) is 16.9. The van der Waals surface area contributed by atoms with Crippen LogP contribution in [0.3, 0.4) is 0 Å². The second-order valence-corrected chi connectivity index (χ2v) is 10.2. The molecule has 0 heterocycles. The van der Waals surface area contributed by atoms with Crippen LogP contribution in [0, 0.1) is 16.2 Å². The maximum atomic E-state index is 4.46. The molecule has 1 nitrogen and oxygen atoms in total. The monoisotopic (exact) mass is 295 g/mol. The summed E-state index contributed by atoms with van der Waals surface area (Å²) in [7, 11) is 2.27. The molecule has 0 saturated carbocycles. The van der Waals surface area contributed by atoms with Crippen LogP contribution in [-0.2, 0) is 0 Å². The van der Waals surface area contributed by atoms with Gasteiger partial charge in [0.1, 0.15) is 0 Å². The second kappa shape index (κ2) is 6.07. The zero-order valence-corrected chi connectivity index (χ0v) is 16.9. The molecule has 1 heteroatoms. The fourth-order valence-electron chi connectivity index (χ4n) is 2.80. The summed E-state index contributed by atoms with van der Waals surface area (Å²) in [5.41, 5.74) is 2.04. The fourth-order valence-corrected chi connectivity index (χ4v) is 2.80. The Labute approximate surface area is 135 Å². The molecule has 0 aliphatic heterocycles. The first kappa shape index (κ1) is 20.7. The van der Waals surface area contributed by atoms with Crippen LogP contribution < -0.4 is 0 Å².